The summed E-state index contributed by atoms with van der Waals surface area (Å²) in [4.78, 5) is 11.7. The van der Waals surface area contributed by atoms with E-state index < -0.39 is 17.8 Å². The van der Waals surface area contributed by atoms with Crippen molar-refractivity contribution < 1.29 is 18.3 Å². The number of allylic oxidation sites excluding steroid dienone is 1. The molecular formula is C24H29F2NO2. The number of nitrogens with two attached hydrogens (primary N) is 1. The van der Waals surface area contributed by atoms with Crippen molar-refractivity contribution in [2.75, 3.05) is 6.61 Å². The number of hydrogen-bond donors (Lipinski definition) is 1. The van der Waals surface area contributed by atoms with E-state index in [9.17, 15) is 13.6 Å². The van der Waals surface area contributed by atoms with Crippen LogP contribution in [0.15, 0.2) is 43.0 Å². The molecule has 5 heteroatoms. The maximum Gasteiger partial charge on any atom is 0.307 e. The number of benzene rings is 2. The Morgan fingerprint density at radius 1 is 1.24 bits per heavy atom. The van der Waals surface area contributed by atoms with Gasteiger partial charge in [0, 0.05) is 11.6 Å². The van der Waals surface area contributed by atoms with Crippen molar-refractivity contribution in [2.24, 2.45) is 5.73 Å². The van der Waals surface area contributed by atoms with Gasteiger partial charge in [-0.15, -0.1) is 6.58 Å². The van der Waals surface area contributed by atoms with Gasteiger partial charge in [-0.05, 0) is 86.1 Å². The molecule has 3 nitrogen and oxygen atoms in total. The van der Waals surface area contributed by atoms with Crippen molar-refractivity contribution >= 4 is 5.97 Å². The lowest BCUT2D eigenvalue weighted by Crippen LogP contribution is -2.18. The van der Waals surface area contributed by atoms with Crippen molar-refractivity contribution in [3.8, 4) is 11.1 Å². The van der Waals surface area contributed by atoms with Gasteiger partial charge in [0.2, 0.25) is 0 Å². The third-order valence-corrected chi connectivity index (χ3v) is 4.86. The second-order valence-corrected chi connectivity index (χ2v) is 7.14. The molecule has 0 spiro atoms. The first kappa shape index (κ1) is 22.8. The van der Waals surface area contributed by atoms with Crippen LogP contribution in [0.4, 0.5) is 8.78 Å². The van der Waals surface area contributed by atoms with Crippen LogP contribution >= 0.6 is 0 Å². The molecule has 0 radical (unpaired) electrons. The molecule has 0 bridgehead atoms. The minimum Gasteiger partial charge on any atom is -0.466 e. The fourth-order valence-corrected chi connectivity index (χ4v) is 3.52. The fraction of sp³-hybridized carbons (Fsp3) is 0.375. The smallest absolute Gasteiger partial charge is 0.307 e. The van der Waals surface area contributed by atoms with E-state index in [4.69, 9.17) is 10.5 Å². The summed E-state index contributed by atoms with van der Waals surface area (Å²) in [6.45, 7) is 7.52. The van der Waals surface area contributed by atoms with Gasteiger partial charge < -0.3 is 10.5 Å². The molecule has 0 fully saturated rings. The van der Waals surface area contributed by atoms with E-state index in [-0.39, 0.29) is 24.4 Å². The summed E-state index contributed by atoms with van der Waals surface area (Å²) in [5.41, 5.74) is 9.63. The fourth-order valence-electron chi connectivity index (χ4n) is 3.52. The number of halogens is 2. The Labute approximate surface area is 171 Å². The van der Waals surface area contributed by atoms with Gasteiger partial charge >= 0.3 is 5.97 Å². The normalized spacial score (nSPS) is 11.9. The zero-order chi connectivity index (χ0) is 21.4. The van der Waals surface area contributed by atoms with Gasteiger partial charge in [0.1, 0.15) is 11.6 Å². The number of carbonyl (C=O) groups is 1. The van der Waals surface area contributed by atoms with Crippen LogP contribution in [0.3, 0.4) is 0 Å². The standard InChI is InChI=1S/C24H29F2NO2/c1-4-6-7-8-9-17-13-19(25)12-16(3)24(17)18-10-11-21(26)20(14-18)22(27)15-23(28)29-5-2/h4,10-14,22H,1,5-9,15,27H2,2-3H3/t22-/m0/s1. The zero-order valence-corrected chi connectivity index (χ0v) is 17.1. The van der Waals surface area contributed by atoms with Crippen LogP contribution in [0.2, 0.25) is 0 Å². The van der Waals surface area contributed by atoms with E-state index in [1.807, 2.05) is 13.0 Å². The first-order valence-corrected chi connectivity index (χ1v) is 9.98. The molecule has 0 unspecified atom stereocenters. The maximum atomic E-state index is 14.4. The average molecular weight is 401 g/mol. The summed E-state index contributed by atoms with van der Waals surface area (Å²) in [6.07, 6.45) is 5.26. The lowest BCUT2D eigenvalue weighted by Gasteiger charge is -2.17. The van der Waals surface area contributed by atoms with Crippen molar-refractivity contribution in [1.82, 2.24) is 0 Å². The van der Waals surface area contributed by atoms with E-state index in [1.165, 1.54) is 18.2 Å². The molecule has 0 aliphatic carbocycles. The molecule has 1 atom stereocenters. The molecule has 156 valence electrons. The lowest BCUT2D eigenvalue weighted by molar-refractivity contribution is -0.143. The highest BCUT2D eigenvalue weighted by Crippen LogP contribution is 2.32. The predicted octanol–water partition coefficient (Wildman–Crippen LogP) is 5.79. The molecule has 0 saturated heterocycles. The summed E-state index contributed by atoms with van der Waals surface area (Å²) >= 11 is 0. The third kappa shape index (κ3) is 6.23. The van der Waals surface area contributed by atoms with E-state index in [0.29, 0.717) is 6.42 Å². The van der Waals surface area contributed by atoms with Gasteiger partial charge in [-0.2, -0.15) is 0 Å². The molecular weight excluding hydrogens is 372 g/mol. The second kappa shape index (κ2) is 10.9. The molecule has 0 saturated carbocycles. The lowest BCUT2D eigenvalue weighted by atomic mass is 9.90. The zero-order valence-electron chi connectivity index (χ0n) is 17.1. The SMILES string of the molecule is C=CCCCCc1cc(F)cc(C)c1-c1ccc(F)c([C@@H](N)CC(=O)OCC)c1. The minimum atomic E-state index is -0.814. The summed E-state index contributed by atoms with van der Waals surface area (Å²) < 4.78 is 33.4. The van der Waals surface area contributed by atoms with Gasteiger partial charge in [-0.3, -0.25) is 4.79 Å². The quantitative estimate of drug-likeness (QED) is 0.311. The van der Waals surface area contributed by atoms with Crippen molar-refractivity contribution in [1.29, 1.82) is 0 Å². The molecule has 2 aromatic carbocycles. The Morgan fingerprint density at radius 2 is 2.00 bits per heavy atom. The van der Waals surface area contributed by atoms with Gasteiger partial charge in [0.05, 0.1) is 13.0 Å². The van der Waals surface area contributed by atoms with Gasteiger partial charge in [0.15, 0.2) is 0 Å². The third-order valence-electron chi connectivity index (χ3n) is 4.86. The largest absolute Gasteiger partial charge is 0.466 e. The van der Waals surface area contributed by atoms with Crippen LogP contribution in [0.5, 0.6) is 0 Å². The van der Waals surface area contributed by atoms with E-state index >= 15 is 0 Å². The number of rotatable bonds is 10. The number of esters is 1. The Bertz CT molecular complexity index is 864. The monoisotopic (exact) mass is 401 g/mol. The summed E-state index contributed by atoms with van der Waals surface area (Å²) in [7, 11) is 0. The Morgan fingerprint density at radius 3 is 2.69 bits per heavy atom. The van der Waals surface area contributed by atoms with E-state index in [0.717, 1.165) is 41.5 Å². The van der Waals surface area contributed by atoms with Crippen LogP contribution in [-0.2, 0) is 16.0 Å². The molecule has 2 aromatic rings. The molecule has 0 amide bonds. The number of ether oxygens (including phenoxy) is 1. The highest BCUT2D eigenvalue weighted by molar-refractivity contribution is 5.73. The molecule has 0 aromatic heterocycles. The number of hydrogen-bond acceptors (Lipinski definition) is 3. The van der Waals surface area contributed by atoms with Gasteiger partial charge in [-0.25, -0.2) is 8.78 Å². The van der Waals surface area contributed by atoms with E-state index in [1.54, 1.807) is 19.1 Å². The van der Waals surface area contributed by atoms with Crippen LogP contribution in [0.25, 0.3) is 11.1 Å². The van der Waals surface area contributed by atoms with Crippen molar-refractivity contribution in [3.05, 3.63) is 71.3 Å². The maximum absolute atomic E-state index is 14.4. The second-order valence-electron chi connectivity index (χ2n) is 7.14. The average Bonchev–Trinajstić information content (AvgIpc) is 2.65. The number of carbonyl (C=O) groups excluding carboxylic acids is 1. The Balaban J connectivity index is 2.38. The van der Waals surface area contributed by atoms with Gasteiger partial charge in [-0.1, -0.05) is 12.1 Å². The summed E-state index contributed by atoms with van der Waals surface area (Å²) in [5, 5.41) is 0. The highest BCUT2D eigenvalue weighted by atomic mass is 19.1. The Kier molecular flexibility index (Phi) is 8.52. The first-order valence-electron chi connectivity index (χ1n) is 9.98. The van der Waals surface area contributed by atoms with Crippen LogP contribution < -0.4 is 5.73 Å². The topological polar surface area (TPSA) is 52.3 Å². The Hall–Kier alpha value is -2.53. The molecule has 0 heterocycles. The molecule has 0 aliphatic rings. The molecule has 29 heavy (non-hydrogen) atoms. The first-order chi connectivity index (χ1) is 13.9. The van der Waals surface area contributed by atoms with Gasteiger partial charge in [0.25, 0.3) is 0 Å². The number of aryl methyl sites for hydroxylation is 2. The molecule has 0 aliphatic heterocycles. The molecule has 2 N–H and O–H groups in total. The minimum absolute atomic E-state index is 0.106. The summed E-state index contributed by atoms with van der Waals surface area (Å²) in [5.74, 6) is -1.23. The predicted molar refractivity (Wildman–Crippen MR) is 112 cm³/mol. The van der Waals surface area contributed by atoms with Crippen LogP contribution in [0.1, 0.15) is 55.3 Å². The van der Waals surface area contributed by atoms with Crippen molar-refractivity contribution in [2.45, 2.75) is 52.0 Å². The summed E-state index contributed by atoms with van der Waals surface area (Å²) in [6, 6.07) is 6.88. The van der Waals surface area contributed by atoms with E-state index in [2.05, 4.69) is 6.58 Å². The van der Waals surface area contributed by atoms with Crippen LogP contribution in [-0.4, -0.2) is 12.6 Å². The van der Waals surface area contributed by atoms with Crippen LogP contribution in [0, 0.1) is 18.6 Å². The highest BCUT2D eigenvalue weighted by Gasteiger charge is 2.19. The number of unbranched alkanes of at least 4 members (excludes halogenated alkanes) is 2. The van der Waals surface area contributed by atoms with Crippen molar-refractivity contribution in [3.63, 3.8) is 0 Å². The molecule has 2 rings (SSSR count).